The van der Waals surface area contributed by atoms with Crippen LogP contribution in [0, 0.1) is 5.41 Å². The van der Waals surface area contributed by atoms with Gasteiger partial charge < -0.3 is 10.3 Å². The van der Waals surface area contributed by atoms with Crippen molar-refractivity contribution >= 4 is 17.4 Å². The standard InChI is InChI=1S/C20H26N2O2/c1-2-7-14(21)12-15-8-5-6-11-22(15)20(24)18-13-19(23)17-10-4-3-9-16(17)18/h3-4,9-10,15,18,21H,2,5-8,11-13H2,1H3. The lowest BCUT2D eigenvalue weighted by molar-refractivity contribution is -0.136. The first kappa shape index (κ1) is 16.9. The molecule has 1 aliphatic carbocycles. The highest BCUT2D eigenvalue weighted by molar-refractivity contribution is 6.06. The van der Waals surface area contributed by atoms with Gasteiger partial charge in [0.25, 0.3) is 0 Å². The van der Waals surface area contributed by atoms with E-state index in [1.165, 1.54) is 0 Å². The third-order valence-electron chi connectivity index (χ3n) is 5.27. The fourth-order valence-electron chi connectivity index (χ4n) is 4.07. The van der Waals surface area contributed by atoms with Crippen LogP contribution in [0.1, 0.15) is 73.7 Å². The molecule has 1 heterocycles. The van der Waals surface area contributed by atoms with Gasteiger partial charge in [0.15, 0.2) is 5.78 Å². The van der Waals surface area contributed by atoms with Crippen LogP contribution in [0.2, 0.25) is 0 Å². The van der Waals surface area contributed by atoms with Gasteiger partial charge in [-0.15, -0.1) is 0 Å². The van der Waals surface area contributed by atoms with Gasteiger partial charge in [-0.05, 0) is 31.2 Å². The minimum atomic E-state index is -0.324. The van der Waals surface area contributed by atoms with Crippen LogP contribution in [0.5, 0.6) is 0 Å². The number of hydrogen-bond donors (Lipinski definition) is 1. The largest absolute Gasteiger partial charge is 0.339 e. The van der Waals surface area contributed by atoms with Crippen molar-refractivity contribution in [3.05, 3.63) is 35.4 Å². The molecule has 24 heavy (non-hydrogen) atoms. The average Bonchev–Trinajstić information content (AvgIpc) is 2.92. The van der Waals surface area contributed by atoms with Crippen molar-refractivity contribution in [2.24, 2.45) is 0 Å². The van der Waals surface area contributed by atoms with Gasteiger partial charge in [0.05, 0.1) is 5.92 Å². The Morgan fingerprint density at radius 2 is 2.08 bits per heavy atom. The summed E-state index contributed by atoms with van der Waals surface area (Å²) in [6, 6.07) is 7.64. The number of Topliss-reactive ketones (excluding diaryl/α,β-unsaturated/α-hetero) is 1. The first-order valence-corrected chi connectivity index (χ1v) is 9.10. The highest BCUT2D eigenvalue weighted by Gasteiger charge is 2.38. The quantitative estimate of drug-likeness (QED) is 0.833. The number of piperidine rings is 1. The van der Waals surface area contributed by atoms with Crippen molar-refractivity contribution in [3.63, 3.8) is 0 Å². The molecule has 0 aromatic heterocycles. The van der Waals surface area contributed by atoms with Crippen molar-refractivity contribution in [2.75, 3.05) is 6.54 Å². The van der Waals surface area contributed by atoms with E-state index in [1.54, 1.807) is 0 Å². The van der Waals surface area contributed by atoms with Crippen molar-refractivity contribution < 1.29 is 9.59 Å². The molecule has 0 spiro atoms. The molecule has 128 valence electrons. The molecule has 1 N–H and O–H groups in total. The van der Waals surface area contributed by atoms with Gasteiger partial charge in [0.1, 0.15) is 0 Å². The molecule has 1 fully saturated rings. The summed E-state index contributed by atoms with van der Waals surface area (Å²) in [6.45, 7) is 2.84. The highest BCUT2D eigenvalue weighted by Crippen LogP contribution is 2.36. The molecule has 3 rings (SSSR count). The summed E-state index contributed by atoms with van der Waals surface area (Å²) >= 11 is 0. The Hall–Kier alpha value is -1.97. The van der Waals surface area contributed by atoms with Gasteiger partial charge in [-0.1, -0.05) is 37.6 Å². The summed E-state index contributed by atoms with van der Waals surface area (Å²) in [6.07, 6.45) is 5.88. The molecular weight excluding hydrogens is 300 g/mol. The maximum absolute atomic E-state index is 13.2. The molecule has 2 atom stereocenters. The Bertz CT molecular complexity index is 653. The smallest absolute Gasteiger partial charge is 0.230 e. The number of amides is 1. The maximum atomic E-state index is 13.2. The van der Waals surface area contributed by atoms with E-state index in [2.05, 4.69) is 6.92 Å². The Labute approximate surface area is 143 Å². The molecule has 0 saturated carbocycles. The number of benzene rings is 1. The van der Waals surface area contributed by atoms with Gasteiger partial charge in [-0.25, -0.2) is 0 Å². The topological polar surface area (TPSA) is 61.2 Å². The maximum Gasteiger partial charge on any atom is 0.230 e. The lowest BCUT2D eigenvalue weighted by Gasteiger charge is -2.37. The molecule has 1 aromatic rings. The third kappa shape index (κ3) is 3.28. The first-order valence-electron chi connectivity index (χ1n) is 9.10. The minimum Gasteiger partial charge on any atom is -0.339 e. The molecule has 0 radical (unpaired) electrons. The van der Waals surface area contributed by atoms with E-state index < -0.39 is 0 Å². The number of fused-ring (bicyclic) bond motifs is 1. The Kier molecular flexibility index (Phi) is 5.12. The van der Waals surface area contributed by atoms with E-state index in [9.17, 15) is 9.59 Å². The van der Waals surface area contributed by atoms with E-state index in [0.29, 0.717) is 18.4 Å². The summed E-state index contributed by atoms with van der Waals surface area (Å²) < 4.78 is 0. The number of likely N-dealkylation sites (tertiary alicyclic amines) is 1. The normalized spacial score (nSPS) is 23.2. The van der Waals surface area contributed by atoms with Crippen LogP contribution in [-0.2, 0) is 4.79 Å². The van der Waals surface area contributed by atoms with Gasteiger partial charge in [-0.3, -0.25) is 9.59 Å². The molecule has 1 aliphatic heterocycles. The zero-order chi connectivity index (χ0) is 17.1. The highest BCUT2D eigenvalue weighted by atomic mass is 16.2. The summed E-state index contributed by atoms with van der Waals surface area (Å²) in [5.41, 5.74) is 2.34. The number of nitrogens with zero attached hydrogens (tertiary/aromatic N) is 1. The number of hydrogen-bond acceptors (Lipinski definition) is 3. The van der Waals surface area contributed by atoms with Crippen molar-refractivity contribution in [2.45, 2.75) is 63.8 Å². The molecule has 2 aliphatic rings. The minimum absolute atomic E-state index is 0.0798. The lowest BCUT2D eigenvalue weighted by atomic mass is 9.92. The molecular formula is C20H26N2O2. The van der Waals surface area contributed by atoms with Crippen LogP contribution in [-0.4, -0.2) is 34.9 Å². The second kappa shape index (κ2) is 7.29. The second-order valence-corrected chi connectivity index (χ2v) is 7.01. The average molecular weight is 326 g/mol. The predicted molar refractivity (Wildman–Crippen MR) is 94.7 cm³/mol. The van der Waals surface area contributed by atoms with Crippen molar-refractivity contribution in [3.8, 4) is 0 Å². The summed E-state index contributed by atoms with van der Waals surface area (Å²) in [5, 5.41) is 8.12. The Balaban J connectivity index is 1.78. The van der Waals surface area contributed by atoms with Crippen LogP contribution < -0.4 is 0 Å². The first-order chi connectivity index (χ1) is 11.6. The van der Waals surface area contributed by atoms with Crippen molar-refractivity contribution in [1.82, 2.24) is 4.90 Å². The number of ketones is 1. The van der Waals surface area contributed by atoms with Gasteiger partial charge >= 0.3 is 0 Å². The summed E-state index contributed by atoms with van der Waals surface area (Å²) in [5.74, 6) is -0.159. The van der Waals surface area contributed by atoms with Crippen LogP contribution >= 0.6 is 0 Å². The van der Waals surface area contributed by atoms with Crippen LogP contribution in [0.15, 0.2) is 24.3 Å². The molecule has 4 heteroatoms. The molecule has 2 unspecified atom stereocenters. The number of carbonyl (C=O) groups is 2. The van der Waals surface area contributed by atoms with E-state index in [4.69, 9.17) is 5.41 Å². The Morgan fingerprint density at radius 1 is 1.29 bits per heavy atom. The molecule has 1 aromatic carbocycles. The SMILES string of the molecule is CCCC(=N)CC1CCCCN1C(=O)C1CC(=O)c2ccccc21. The molecule has 0 bridgehead atoms. The molecule has 1 amide bonds. The summed E-state index contributed by atoms with van der Waals surface area (Å²) in [7, 11) is 0. The van der Waals surface area contributed by atoms with E-state index >= 15 is 0 Å². The molecule has 4 nitrogen and oxygen atoms in total. The van der Waals surface area contributed by atoms with Crippen LogP contribution in [0.4, 0.5) is 0 Å². The van der Waals surface area contributed by atoms with E-state index in [-0.39, 0.29) is 23.7 Å². The number of rotatable bonds is 5. The van der Waals surface area contributed by atoms with Crippen molar-refractivity contribution in [1.29, 1.82) is 5.41 Å². The van der Waals surface area contributed by atoms with Crippen LogP contribution in [0.25, 0.3) is 0 Å². The zero-order valence-corrected chi connectivity index (χ0v) is 14.4. The van der Waals surface area contributed by atoms with E-state index in [1.807, 2.05) is 29.2 Å². The fraction of sp³-hybridized carbons (Fsp3) is 0.550. The second-order valence-electron chi connectivity index (χ2n) is 7.01. The monoisotopic (exact) mass is 326 g/mol. The number of nitrogens with one attached hydrogen (secondary N) is 1. The third-order valence-corrected chi connectivity index (χ3v) is 5.27. The molecule has 1 saturated heterocycles. The van der Waals surface area contributed by atoms with E-state index in [0.717, 1.165) is 49.9 Å². The predicted octanol–water partition coefficient (Wildman–Crippen LogP) is 3.95. The van der Waals surface area contributed by atoms with Gasteiger partial charge in [-0.2, -0.15) is 0 Å². The summed E-state index contributed by atoms with van der Waals surface area (Å²) in [4.78, 5) is 27.3. The number of carbonyl (C=O) groups excluding carboxylic acids is 2. The lowest BCUT2D eigenvalue weighted by Crippen LogP contribution is -2.46. The van der Waals surface area contributed by atoms with Crippen LogP contribution in [0.3, 0.4) is 0 Å². The zero-order valence-electron chi connectivity index (χ0n) is 14.4. The Morgan fingerprint density at radius 3 is 2.88 bits per heavy atom. The van der Waals surface area contributed by atoms with Gasteiger partial charge in [0, 0.05) is 36.7 Å². The fourth-order valence-corrected chi connectivity index (χ4v) is 4.07. The van der Waals surface area contributed by atoms with Gasteiger partial charge in [0.2, 0.25) is 5.91 Å².